The van der Waals surface area contributed by atoms with Gasteiger partial charge in [-0.1, -0.05) is 24.3 Å². The molecule has 0 fully saturated rings. The van der Waals surface area contributed by atoms with Crippen LogP contribution in [0.5, 0.6) is 5.75 Å². The Hall–Kier alpha value is -3.19. The number of nitrogens with zero attached hydrogens (tertiary/aromatic N) is 2. The number of benzene rings is 2. The van der Waals surface area contributed by atoms with Crippen molar-refractivity contribution in [2.24, 2.45) is 0 Å². The summed E-state index contributed by atoms with van der Waals surface area (Å²) in [6, 6.07) is 13.1. The molecule has 2 heterocycles. The highest BCUT2D eigenvalue weighted by Gasteiger charge is 2.34. The summed E-state index contributed by atoms with van der Waals surface area (Å²) in [4.78, 5) is 40.5. The predicted molar refractivity (Wildman–Crippen MR) is 116 cm³/mol. The van der Waals surface area contributed by atoms with Crippen molar-refractivity contribution in [1.82, 2.24) is 15.1 Å². The van der Waals surface area contributed by atoms with Gasteiger partial charge >= 0.3 is 0 Å². The van der Waals surface area contributed by atoms with Gasteiger partial charge in [-0.05, 0) is 49.8 Å². The van der Waals surface area contributed by atoms with Gasteiger partial charge in [-0.3, -0.25) is 19.3 Å². The first kappa shape index (κ1) is 21.1. The lowest BCUT2D eigenvalue weighted by Gasteiger charge is -2.25. The van der Waals surface area contributed by atoms with Crippen LogP contribution in [-0.2, 0) is 11.2 Å². The van der Waals surface area contributed by atoms with Crippen LogP contribution in [0, 0.1) is 0 Å². The van der Waals surface area contributed by atoms with E-state index in [1.165, 1.54) is 10.5 Å². The van der Waals surface area contributed by atoms with Crippen LogP contribution < -0.4 is 10.1 Å². The van der Waals surface area contributed by atoms with Crippen LogP contribution in [-0.4, -0.2) is 61.3 Å². The molecule has 0 aromatic heterocycles. The van der Waals surface area contributed by atoms with Crippen LogP contribution in [0.3, 0.4) is 0 Å². The molecule has 4 rings (SSSR count). The summed E-state index contributed by atoms with van der Waals surface area (Å²) in [5.74, 6) is 0.287. The lowest BCUT2D eigenvalue weighted by molar-refractivity contribution is -0.121. The summed E-state index contributed by atoms with van der Waals surface area (Å²) in [7, 11) is 3.98. The summed E-state index contributed by atoms with van der Waals surface area (Å²) < 4.78 is 5.58. The number of hydrogen-bond donors (Lipinski definition) is 1. The Labute approximate surface area is 182 Å². The monoisotopic (exact) mass is 421 g/mol. The minimum absolute atomic E-state index is 0.0473. The quantitative estimate of drug-likeness (QED) is 0.663. The highest BCUT2D eigenvalue weighted by molar-refractivity contribution is 6.21. The van der Waals surface area contributed by atoms with Crippen molar-refractivity contribution >= 4 is 17.7 Å². The Kier molecular flexibility index (Phi) is 6.04. The third-order valence-electron chi connectivity index (χ3n) is 5.88. The number of rotatable bonds is 8. The number of carbonyl (C=O) groups excluding carboxylic acids is 3. The van der Waals surface area contributed by atoms with Gasteiger partial charge in [0.15, 0.2) is 0 Å². The highest BCUT2D eigenvalue weighted by Crippen LogP contribution is 2.29. The Morgan fingerprint density at radius 2 is 1.84 bits per heavy atom. The van der Waals surface area contributed by atoms with Gasteiger partial charge in [0.2, 0.25) is 5.91 Å². The minimum atomic E-state index is -0.283. The van der Waals surface area contributed by atoms with E-state index in [2.05, 4.69) is 16.3 Å². The zero-order valence-corrected chi connectivity index (χ0v) is 17.9. The maximum absolute atomic E-state index is 12.4. The second-order valence-corrected chi connectivity index (χ2v) is 8.16. The molecule has 0 spiro atoms. The summed E-state index contributed by atoms with van der Waals surface area (Å²) >= 11 is 0. The molecule has 0 saturated heterocycles. The molecule has 2 aromatic rings. The molecule has 7 nitrogen and oxygen atoms in total. The number of likely N-dealkylation sites (N-methyl/N-ethyl adjacent to an activating group) is 1. The molecule has 7 heteroatoms. The molecular formula is C24H27N3O4. The number of ether oxygens (including phenoxy) is 1. The highest BCUT2D eigenvalue weighted by atomic mass is 16.5. The van der Waals surface area contributed by atoms with Gasteiger partial charge in [0.1, 0.15) is 5.75 Å². The van der Waals surface area contributed by atoms with Crippen LogP contribution in [0.4, 0.5) is 0 Å². The Morgan fingerprint density at radius 3 is 2.52 bits per heavy atom. The van der Waals surface area contributed by atoms with E-state index < -0.39 is 0 Å². The molecule has 3 amide bonds. The Balaban J connectivity index is 1.28. The van der Waals surface area contributed by atoms with Crippen molar-refractivity contribution < 1.29 is 19.1 Å². The molecule has 1 atom stereocenters. The molecule has 1 unspecified atom stereocenters. The van der Waals surface area contributed by atoms with Crippen molar-refractivity contribution in [2.75, 3.05) is 33.8 Å². The minimum Gasteiger partial charge on any atom is -0.493 e. The van der Waals surface area contributed by atoms with E-state index in [0.29, 0.717) is 24.1 Å². The normalized spacial score (nSPS) is 15.6. The van der Waals surface area contributed by atoms with Crippen molar-refractivity contribution in [2.45, 2.75) is 25.3 Å². The zero-order valence-electron chi connectivity index (χ0n) is 17.9. The fraction of sp³-hybridized carbons (Fsp3) is 0.375. The lowest BCUT2D eigenvalue weighted by Crippen LogP contribution is -2.35. The molecule has 0 saturated carbocycles. The van der Waals surface area contributed by atoms with Crippen molar-refractivity contribution in [1.29, 1.82) is 0 Å². The fourth-order valence-corrected chi connectivity index (χ4v) is 4.15. The molecule has 31 heavy (non-hydrogen) atoms. The first-order valence-electron chi connectivity index (χ1n) is 10.6. The van der Waals surface area contributed by atoms with E-state index in [1.807, 2.05) is 26.2 Å². The first-order chi connectivity index (χ1) is 15.0. The molecule has 0 radical (unpaired) electrons. The molecule has 2 aliphatic rings. The summed E-state index contributed by atoms with van der Waals surface area (Å²) in [5, 5.41) is 3.00. The smallest absolute Gasteiger partial charge is 0.261 e. The van der Waals surface area contributed by atoms with Gasteiger partial charge in [0.25, 0.3) is 11.8 Å². The van der Waals surface area contributed by atoms with Gasteiger partial charge in [-0.15, -0.1) is 0 Å². The van der Waals surface area contributed by atoms with Gasteiger partial charge in [-0.2, -0.15) is 0 Å². The van der Waals surface area contributed by atoms with Gasteiger partial charge in [0, 0.05) is 25.9 Å². The van der Waals surface area contributed by atoms with E-state index in [4.69, 9.17) is 4.74 Å². The van der Waals surface area contributed by atoms with E-state index in [0.717, 1.165) is 24.3 Å². The average molecular weight is 421 g/mol. The van der Waals surface area contributed by atoms with E-state index in [-0.39, 0.29) is 36.7 Å². The van der Waals surface area contributed by atoms with Crippen molar-refractivity contribution in [3.8, 4) is 5.75 Å². The Morgan fingerprint density at radius 1 is 1.13 bits per heavy atom. The predicted octanol–water partition coefficient (Wildman–Crippen LogP) is 2.42. The van der Waals surface area contributed by atoms with Gasteiger partial charge in [0.05, 0.1) is 23.8 Å². The summed E-state index contributed by atoms with van der Waals surface area (Å²) in [5.41, 5.74) is 3.22. The van der Waals surface area contributed by atoms with Crippen LogP contribution in [0.15, 0.2) is 42.5 Å². The molecule has 0 aliphatic carbocycles. The van der Waals surface area contributed by atoms with Crippen LogP contribution >= 0.6 is 0 Å². The molecule has 1 N–H and O–H groups in total. The second kappa shape index (κ2) is 8.89. The number of nitrogens with one attached hydrogen (secondary N) is 1. The third-order valence-corrected chi connectivity index (χ3v) is 5.88. The topological polar surface area (TPSA) is 79.0 Å². The van der Waals surface area contributed by atoms with Crippen LogP contribution in [0.25, 0.3) is 0 Å². The molecular weight excluding hydrogens is 394 g/mol. The standard InChI is InChI=1S/C24H27N3O4/c1-26(2)20(16-9-10-21-17(14-16)11-13-31-21)15-25-22(28)8-5-12-27-23(29)18-6-3-4-7-19(18)24(27)30/h3-4,6-7,9-10,14,20H,5,8,11-13,15H2,1-2H3,(H,25,28). The third kappa shape index (κ3) is 4.32. The van der Waals surface area contributed by atoms with Gasteiger partial charge in [-0.25, -0.2) is 0 Å². The van der Waals surface area contributed by atoms with E-state index in [9.17, 15) is 14.4 Å². The lowest BCUT2D eigenvalue weighted by atomic mass is 10.0. The molecule has 2 aromatic carbocycles. The van der Waals surface area contributed by atoms with Gasteiger partial charge < -0.3 is 15.0 Å². The maximum Gasteiger partial charge on any atom is 0.261 e. The molecule has 2 aliphatic heterocycles. The Bertz CT molecular complexity index is 983. The van der Waals surface area contributed by atoms with Crippen LogP contribution in [0.2, 0.25) is 0 Å². The van der Waals surface area contributed by atoms with E-state index in [1.54, 1.807) is 24.3 Å². The van der Waals surface area contributed by atoms with E-state index >= 15 is 0 Å². The zero-order chi connectivity index (χ0) is 22.0. The number of imide groups is 1. The average Bonchev–Trinajstić information content (AvgIpc) is 3.32. The van der Waals surface area contributed by atoms with Crippen LogP contribution in [0.1, 0.15) is 50.7 Å². The molecule has 162 valence electrons. The number of hydrogen-bond acceptors (Lipinski definition) is 5. The second-order valence-electron chi connectivity index (χ2n) is 8.16. The van der Waals surface area contributed by atoms with Crippen molar-refractivity contribution in [3.05, 3.63) is 64.7 Å². The maximum atomic E-state index is 12.4. The summed E-state index contributed by atoms with van der Waals surface area (Å²) in [6.45, 7) is 1.44. The van der Waals surface area contributed by atoms with Crippen molar-refractivity contribution in [3.63, 3.8) is 0 Å². The SMILES string of the molecule is CN(C)C(CNC(=O)CCCN1C(=O)c2ccccc2C1=O)c1ccc2c(c1)CCO2. The number of amides is 3. The number of carbonyl (C=O) groups is 3. The number of fused-ring (bicyclic) bond motifs is 2. The molecule has 0 bridgehead atoms. The fourth-order valence-electron chi connectivity index (χ4n) is 4.15. The first-order valence-corrected chi connectivity index (χ1v) is 10.6. The largest absolute Gasteiger partial charge is 0.493 e. The summed E-state index contributed by atoms with van der Waals surface area (Å²) in [6.07, 6.45) is 1.60.